The van der Waals surface area contributed by atoms with E-state index < -0.39 is 4.92 Å². The fourth-order valence-electron chi connectivity index (χ4n) is 1.57. The minimum absolute atomic E-state index is 0.0642. The highest BCUT2D eigenvalue weighted by atomic mass is 35.5. The predicted octanol–water partition coefficient (Wildman–Crippen LogP) is 3.10. The molecule has 0 N–H and O–H groups in total. The van der Waals surface area contributed by atoms with Gasteiger partial charge in [-0.05, 0) is 12.5 Å². The normalized spacial score (nSPS) is 10.5. The monoisotopic (exact) mass is 222 g/mol. The average Bonchev–Trinajstić information content (AvgIpc) is 2.23. The highest BCUT2D eigenvalue weighted by Gasteiger charge is 2.15. The van der Waals surface area contributed by atoms with E-state index in [9.17, 15) is 10.1 Å². The molecule has 0 aliphatic heterocycles. The standard InChI is InChI=1S/C10H7ClN2O2/c1-6-5-12-10(11)7-3-2-4-8(9(6)7)13(14)15/h2-5H,1H3. The fraction of sp³-hybridized carbons (Fsp3) is 0.100. The maximum Gasteiger partial charge on any atom is 0.277 e. The molecule has 0 amide bonds. The number of rotatable bonds is 1. The zero-order chi connectivity index (χ0) is 11.0. The van der Waals surface area contributed by atoms with Crippen LogP contribution in [0.3, 0.4) is 0 Å². The van der Waals surface area contributed by atoms with Crippen LogP contribution in [-0.4, -0.2) is 9.91 Å². The molecule has 0 fully saturated rings. The van der Waals surface area contributed by atoms with E-state index in [1.807, 2.05) is 0 Å². The van der Waals surface area contributed by atoms with Gasteiger partial charge in [0.25, 0.3) is 5.69 Å². The molecular formula is C10H7ClN2O2. The number of halogens is 1. The lowest BCUT2D eigenvalue weighted by atomic mass is 10.1. The van der Waals surface area contributed by atoms with Crippen molar-refractivity contribution < 1.29 is 4.92 Å². The quantitative estimate of drug-likeness (QED) is 0.423. The summed E-state index contributed by atoms with van der Waals surface area (Å²) in [5.74, 6) is 0. The van der Waals surface area contributed by atoms with Crippen LogP contribution < -0.4 is 0 Å². The van der Waals surface area contributed by atoms with Crippen LogP contribution in [0.1, 0.15) is 5.56 Å². The molecule has 76 valence electrons. The Balaban J connectivity index is 2.96. The number of aromatic nitrogens is 1. The lowest BCUT2D eigenvalue weighted by Crippen LogP contribution is -1.92. The molecule has 4 nitrogen and oxygen atoms in total. The molecule has 1 aromatic heterocycles. The summed E-state index contributed by atoms with van der Waals surface area (Å²) < 4.78 is 0. The van der Waals surface area contributed by atoms with Crippen LogP contribution in [0.25, 0.3) is 10.8 Å². The summed E-state index contributed by atoms with van der Waals surface area (Å²) in [5.41, 5.74) is 0.816. The number of hydrogen-bond acceptors (Lipinski definition) is 3. The lowest BCUT2D eigenvalue weighted by Gasteiger charge is -2.03. The van der Waals surface area contributed by atoms with E-state index in [0.717, 1.165) is 5.56 Å². The largest absolute Gasteiger partial charge is 0.277 e. The Morgan fingerprint density at radius 1 is 1.47 bits per heavy atom. The number of nitro groups is 1. The van der Waals surface area contributed by atoms with Crippen molar-refractivity contribution >= 4 is 28.1 Å². The second-order valence-electron chi connectivity index (χ2n) is 3.19. The van der Waals surface area contributed by atoms with Gasteiger partial charge in [-0.2, -0.15) is 0 Å². The first-order chi connectivity index (χ1) is 7.11. The molecule has 1 heterocycles. The zero-order valence-electron chi connectivity index (χ0n) is 7.90. The summed E-state index contributed by atoms with van der Waals surface area (Å²) in [4.78, 5) is 14.4. The second-order valence-corrected chi connectivity index (χ2v) is 3.55. The highest BCUT2D eigenvalue weighted by molar-refractivity contribution is 6.34. The minimum atomic E-state index is -0.411. The molecule has 0 atom stereocenters. The minimum Gasteiger partial charge on any atom is -0.258 e. The molecule has 2 aromatic rings. The van der Waals surface area contributed by atoms with Crippen molar-refractivity contribution in [2.24, 2.45) is 0 Å². The summed E-state index contributed by atoms with van der Waals surface area (Å²) in [6.45, 7) is 1.78. The molecule has 1 aromatic carbocycles. The topological polar surface area (TPSA) is 56.0 Å². The number of benzene rings is 1. The van der Waals surface area contributed by atoms with Gasteiger partial charge in [0.1, 0.15) is 5.15 Å². The van der Waals surface area contributed by atoms with Crippen LogP contribution in [0.2, 0.25) is 5.15 Å². The van der Waals surface area contributed by atoms with E-state index in [1.54, 1.807) is 19.1 Å². The van der Waals surface area contributed by atoms with Crippen LogP contribution in [0.4, 0.5) is 5.69 Å². The number of nitrogens with zero attached hydrogens (tertiary/aromatic N) is 2. The molecule has 0 bridgehead atoms. The highest BCUT2D eigenvalue weighted by Crippen LogP contribution is 2.31. The maximum atomic E-state index is 10.8. The third kappa shape index (κ3) is 1.53. The van der Waals surface area contributed by atoms with Crippen LogP contribution in [-0.2, 0) is 0 Å². The van der Waals surface area contributed by atoms with Crippen molar-refractivity contribution in [1.82, 2.24) is 4.98 Å². The van der Waals surface area contributed by atoms with Crippen LogP contribution in [0, 0.1) is 17.0 Å². The first-order valence-corrected chi connectivity index (χ1v) is 4.67. The Morgan fingerprint density at radius 2 is 2.20 bits per heavy atom. The first-order valence-electron chi connectivity index (χ1n) is 4.29. The van der Waals surface area contributed by atoms with Crippen molar-refractivity contribution in [2.75, 3.05) is 0 Å². The Morgan fingerprint density at radius 3 is 2.87 bits per heavy atom. The number of hydrogen-bond donors (Lipinski definition) is 0. The molecular weight excluding hydrogens is 216 g/mol. The van der Waals surface area contributed by atoms with Gasteiger partial charge in [0.05, 0.1) is 10.3 Å². The molecule has 0 saturated heterocycles. The van der Waals surface area contributed by atoms with Crippen molar-refractivity contribution in [1.29, 1.82) is 0 Å². The van der Waals surface area contributed by atoms with Gasteiger partial charge in [0.2, 0.25) is 0 Å². The summed E-state index contributed by atoms with van der Waals surface area (Å²) in [5, 5.41) is 12.3. The zero-order valence-corrected chi connectivity index (χ0v) is 8.65. The van der Waals surface area contributed by atoms with Crippen molar-refractivity contribution in [3.8, 4) is 0 Å². The molecule has 0 aliphatic rings. The van der Waals surface area contributed by atoms with E-state index in [4.69, 9.17) is 11.6 Å². The van der Waals surface area contributed by atoms with E-state index in [0.29, 0.717) is 15.9 Å². The molecule has 0 spiro atoms. The van der Waals surface area contributed by atoms with E-state index in [-0.39, 0.29) is 5.69 Å². The lowest BCUT2D eigenvalue weighted by molar-refractivity contribution is -0.383. The van der Waals surface area contributed by atoms with Crippen molar-refractivity contribution in [2.45, 2.75) is 6.92 Å². The smallest absolute Gasteiger partial charge is 0.258 e. The molecule has 0 unspecified atom stereocenters. The fourth-order valence-corrected chi connectivity index (χ4v) is 1.77. The molecule has 0 aliphatic carbocycles. The Kier molecular flexibility index (Phi) is 2.28. The second kappa shape index (κ2) is 3.47. The van der Waals surface area contributed by atoms with Crippen LogP contribution in [0.15, 0.2) is 24.4 Å². The van der Waals surface area contributed by atoms with Gasteiger partial charge in [-0.3, -0.25) is 10.1 Å². The molecule has 0 saturated carbocycles. The third-order valence-corrected chi connectivity index (χ3v) is 2.53. The summed E-state index contributed by atoms with van der Waals surface area (Å²) in [7, 11) is 0. The van der Waals surface area contributed by atoms with Crippen LogP contribution in [0.5, 0.6) is 0 Å². The summed E-state index contributed by atoms with van der Waals surface area (Å²) >= 11 is 5.87. The van der Waals surface area contributed by atoms with Crippen LogP contribution >= 0.6 is 11.6 Å². The first kappa shape index (κ1) is 9.86. The van der Waals surface area contributed by atoms with Crippen molar-refractivity contribution in [3.63, 3.8) is 0 Å². The number of non-ortho nitro benzene ring substituents is 1. The molecule has 0 radical (unpaired) electrons. The van der Waals surface area contributed by atoms with Crippen molar-refractivity contribution in [3.05, 3.63) is 45.2 Å². The Labute approximate surface area is 90.7 Å². The Hall–Kier alpha value is -1.68. The van der Waals surface area contributed by atoms with Gasteiger partial charge in [-0.1, -0.05) is 23.7 Å². The van der Waals surface area contributed by atoms with Gasteiger partial charge in [-0.15, -0.1) is 0 Å². The predicted molar refractivity (Wildman–Crippen MR) is 58.1 cm³/mol. The van der Waals surface area contributed by atoms with Gasteiger partial charge in [0, 0.05) is 17.6 Å². The van der Waals surface area contributed by atoms with E-state index in [1.165, 1.54) is 12.3 Å². The Bertz CT molecular complexity index is 554. The number of pyridine rings is 1. The van der Waals surface area contributed by atoms with Gasteiger partial charge in [-0.25, -0.2) is 4.98 Å². The summed E-state index contributed by atoms with van der Waals surface area (Å²) in [6.07, 6.45) is 1.54. The molecule has 2 rings (SSSR count). The number of aryl methyl sites for hydroxylation is 1. The molecule has 5 heteroatoms. The number of nitro benzene ring substituents is 1. The SMILES string of the molecule is Cc1cnc(Cl)c2cccc([N+](=O)[O-])c12. The van der Waals surface area contributed by atoms with Gasteiger partial charge in [0.15, 0.2) is 0 Å². The average molecular weight is 223 g/mol. The van der Waals surface area contributed by atoms with Gasteiger partial charge >= 0.3 is 0 Å². The van der Waals surface area contributed by atoms with Gasteiger partial charge < -0.3 is 0 Å². The maximum absolute atomic E-state index is 10.8. The molecule has 15 heavy (non-hydrogen) atoms. The van der Waals surface area contributed by atoms with E-state index in [2.05, 4.69) is 4.98 Å². The third-order valence-electron chi connectivity index (χ3n) is 2.23. The summed E-state index contributed by atoms with van der Waals surface area (Å²) in [6, 6.07) is 4.80. The van der Waals surface area contributed by atoms with E-state index >= 15 is 0 Å². The number of fused-ring (bicyclic) bond motifs is 1.